The van der Waals surface area contributed by atoms with E-state index in [0.29, 0.717) is 43.1 Å². The van der Waals surface area contributed by atoms with Crippen molar-refractivity contribution in [1.82, 2.24) is 0 Å². The molecular formula is C21H15BrClF2NO4S. The molecule has 0 aliphatic carbocycles. The van der Waals surface area contributed by atoms with Crippen molar-refractivity contribution in [2.75, 3.05) is 0 Å². The third-order valence-electron chi connectivity index (χ3n) is 4.71. The molecule has 3 aromatic carbocycles. The van der Waals surface area contributed by atoms with Crippen molar-refractivity contribution in [2.24, 2.45) is 5.14 Å². The van der Waals surface area contributed by atoms with Gasteiger partial charge in [-0.15, -0.1) is 0 Å². The van der Waals surface area contributed by atoms with Gasteiger partial charge >= 0.3 is 6.61 Å². The molecule has 31 heavy (non-hydrogen) atoms. The summed E-state index contributed by atoms with van der Waals surface area (Å²) in [6.45, 7) is -3.04. The lowest BCUT2D eigenvalue weighted by atomic mass is 9.88. The third-order valence-corrected chi connectivity index (χ3v) is 6.31. The number of primary sulfonamides is 1. The quantitative estimate of drug-likeness (QED) is 0.463. The standard InChI is InChI=1S/C21H15BrClF2NO4S/c22-16-6-7-17-18(20(16)30-21(24)25)14-5-4-11(10-31(26,27)28)8-15(14)19(29-17)12-2-1-3-13(23)9-12/h1-9,19,21H,10H2,(H2,26,27,28). The fraction of sp³-hybridized carbons (Fsp3) is 0.143. The number of nitrogens with two attached hydrogens (primary N) is 1. The largest absolute Gasteiger partial charge is 0.480 e. The van der Waals surface area contributed by atoms with Gasteiger partial charge in [0.15, 0.2) is 5.75 Å². The van der Waals surface area contributed by atoms with Crippen LogP contribution in [0.5, 0.6) is 11.5 Å². The summed E-state index contributed by atoms with van der Waals surface area (Å²) in [6, 6.07) is 15.1. The summed E-state index contributed by atoms with van der Waals surface area (Å²) in [5, 5.41) is 5.69. The lowest BCUT2D eigenvalue weighted by Gasteiger charge is -2.31. The van der Waals surface area contributed by atoms with Crippen molar-refractivity contribution in [3.63, 3.8) is 0 Å². The van der Waals surface area contributed by atoms with Gasteiger partial charge in [-0.25, -0.2) is 13.6 Å². The Bertz CT molecular complexity index is 1270. The van der Waals surface area contributed by atoms with Crippen LogP contribution in [-0.4, -0.2) is 15.0 Å². The minimum Gasteiger partial charge on any atom is -0.480 e. The van der Waals surface area contributed by atoms with Gasteiger partial charge in [0.1, 0.15) is 11.9 Å². The fourth-order valence-corrected chi connectivity index (χ4v) is 4.85. The summed E-state index contributed by atoms with van der Waals surface area (Å²) in [7, 11) is -3.78. The van der Waals surface area contributed by atoms with E-state index < -0.39 is 22.7 Å². The summed E-state index contributed by atoms with van der Waals surface area (Å²) in [4.78, 5) is 0. The lowest BCUT2D eigenvalue weighted by Crippen LogP contribution is -2.18. The van der Waals surface area contributed by atoms with Gasteiger partial charge in [-0.3, -0.25) is 0 Å². The highest BCUT2D eigenvalue weighted by Gasteiger charge is 2.32. The maximum atomic E-state index is 13.1. The van der Waals surface area contributed by atoms with Crippen LogP contribution in [0.4, 0.5) is 8.78 Å². The summed E-state index contributed by atoms with van der Waals surface area (Å²) in [5.74, 6) is -0.109. The van der Waals surface area contributed by atoms with Gasteiger partial charge in [0.05, 0.1) is 15.8 Å². The van der Waals surface area contributed by atoms with Crippen LogP contribution in [0.1, 0.15) is 22.8 Å². The van der Waals surface area contributed by atoms with Crippen molar-refractivity contribution in [2.45, 2.75) is 18.5 Å². The molecule has 0 spiro atoms. The number of alkyl halides is 2. The Morgan fingerprint density at radius 3 is 2.61 bits per heavy atom. The van der Waals surface area contributed by atoms with Gasteiger partial charge in [0.25, 0.3) is 0 Å². The van der Waals surface area contributed by atoms with Gasteiger partial charge in [0, 0.05) is 10.6 Å². The molecule has 2 N–H and O–H groups in total. The smallest absolute Gasteiger partial charge is 0.387 e. The molecule has 1 aliphatic heterocycles. The summed E-state index contributed by atoms with van der Waals surface area (Å²) < 4.78 is 60.7. The Morgan fingerprint density at radius 2 is 1.94 bits per heavy atom. The molecule has 4 rings (SSSR count). The number of sulfonamides is 1. The monoisotopic (exact) mass is 529 g/mol. The van der Waals surface area contributed by atoms with E-state index in [1.807, 2.05) is 6.07 Å². The normalized spacial score (nSPS) is 15.2. The number of benzene rings is 3. The zero-order valence-corrected chi connectivity index (χ0v) is 18.8. The Balaban J connectivity index is 1.95. The van der Waals surface area contributed by atoms with Crippen LogP contribution in [0, 0.1) is 0 Å². The van der Waals surface area contributed by atoms with Gasteiger partial charge in [0.2, 0.25) is 10.0 Å². The van der Waals surface area contributed by atoms with E-state index in [1.165, 1.54) is 0 Å². The van der Waals surface area contributed by atoms with Crippen LogP contribution < -0.4 is 14.6 Å². The van der Waals surface area contributed by atoms with Gasteiger partial charge in [-0.1, -0.05) is 41.9 Å². The number of hydrogen-bond donors (Lipinski definition) is 1. The SMILES string of the molecule is NS(=O)(=O)Cc1ccc2c(c1)C(c1cccc(Cl)c1)Oc1ccc(Br)c(OC(F)F)c1-2. The van der Waals surface area contributed by atoms with Gasteiger partial charge in [-0.05, 0) is 56.9 Å². The van der Waals surface area contributed by atoms with Crippen LogP contribution in [-0.2, 0) is 15.8 Å². The number of fused-ring (bicyclic) bond motifs is 3. The maximum absolute atomic E-state index is 13.1. The van der Waals surface area contributed by atoms with E-state index in [0.717, 1.165) is 0 Å². The third kappa shape index (κ3) is 4.69. The Morgan fingerprint density at radius 1 is 1.16 bits per heavy atom. The van der Waals surface area contributed by atoms with Crippen molar-refractivity contribution in [1.29, 1.82) is 0 Å². The lowest BCUT2D eigenvalue weighted by molar-refractivity contribution is -0.0501. The maximum Gasteiger partial charge on any atom is 0.387 e. The van der Waals surface area contributed by atoms with Crippen LogP contribution in [0.25, 0.3) is 11.1 Å². The molecule has 1 aliphatic rings. The molecule has 1 atom stereocenters. The second kappa shape index (κ2) is 8.38. The molecule has 0 saturated carbocycles. The molecule has 1 unspecified atom stereocenters. The summed E-state index contributed by atoms with van der Waals surface area (Å²) in [5.41, 5.74) is 2.64. The van der Waals surface area contributed by atoms with Crippen LogP contribution in [0.3, 0.4) is 0 Å². The molecule has 5 nitrogen and oxygen atoms in total. The van der Waals surface area contributed by atoms with E-state index in [-0.39, 0.29) is 11.5 Å². The average Bonchev–Trinajstić information content (AvgIpc) is 2.67. The number of ether oxygens (including phenoxy) is 2. The Labute approximate surface area is 190 Å². The molecule has 10 heteroatoms. The molecule has 0 saturated heterocycles. The van der Waals surface area contributed by atoms with E-state index in [4.69, 9.17) is 26.2 Å². The molecule has 1 heterocycles. The highest BCUT2D eigenvalue weighted by atomic mass is 79.9. The molecule has 0 bridgehead atoms. The minimum absolute atomic E-state index is 0.0718. The first kappa shape index (κ1) is 22.0. The first-order valence-electron chi connectivity index (χ1n) is 8.95. The molecule has 0 aromatic heterocycles. The molecule has 0 amide bonds. The van der Waals surface area contributed by atoms with Gasteiger partial charge < -0.3 is 9.47 Å². The fourth-order valence-electron chi connectivity index (χ4n) is 3.58. The van der Waals surface area contributed by atoms with Crippen molar-refractivity contribution >= 4 is 37.6 Å². The summed E-state index contributed by atoms with van der Waals surface area (Å²) >= 11 is 9.40. The van der Waals surface area contributed by atoms with E-state index in [9.17, 15) is 17.2 Å². The topological polar surface area (TPSA) is 78.6 Å². The van der Waals surface area contributed by atoms with E-state index in [1.54, 1.807) is 48.5 Å². The van der Waals surface area contributed by atoms with E-state index >= 15 is 0 Å². The first-order chi connectivity index (χ1) is 14.6. The minimum atomic E-state index is -3.78. The molecule has 0 radical (unpaired) electrons. The zero-order chi connectivity index (χ0) is 22.3. The van der Waals surface area contributed by atoms with Crippen LogP contribution in [0.2, 0.25) is 5.02 Å². The van der Waals surface area contributed by atoms with Gasteiger partial charge in [-0.2, -0.15) is 8.78 Å². The molecule has 0 fully saturated rings. The average molecular weight is 531 g/mol. The Hall–Kier alpha value is -2.20. The molecular weight excluding hydrogens is 516 g/mol. The predicted molar refractivity (Wildman–Crippen MR) is 117 cm³/mol. The van der Waals surface area contributed by atoms with Crippen molar-refractivity contribution in [3.8, 4) is 22.6 Å². The second-order valence-electron chi connectivity index (χ2n) is 6.91. The first-order valence-corrected chi connectivity index (χ1v) is 11.8. The zero-order valence-electron chi connectivity index (χ0n) is 15.7. The highest BCUT2D eigenvalue weighted by molar-refractivity contribution is 9.10. The van der Waals surface area contributed by atoms with Crippen molar-refractivity contribution < 1.29 is 26.7 Å². The number of hydrogen-bond acceptors (Lipinski definition) is 4. The van der Waals surface area contributed by atoms with Crippen LogP contribution >= 0.6 is 27.5 Å². The number of rotatable bonds is 5. The summed E-state index contributed by atoms with van der Waals surface area (Å²) in [6.07, 6.45) is -0.651. The Kier molecular flexibility index (Phi) is 5.95. The van der Waals surface area contributed by atoms with Crippen LogP contribution in [0.15, 0.2) is 59.1 Å². The molecule has 3 aromatic rings. The predicted octanol–water partition coefficient (Wildman–Crippen LogP) is 5.64. The second-order valence-corrected chi connectivity index (χ2v) is 9.82. The van der Waals surface area contributed by atoms with E-state index in [2.05, 4.69) is 15.9 Å². The molecule has 162 valence electrons. The van der Waals surface area contributed by atoms with Crippen molar-refractivity contribution in [3.05, 3.63) is 80.8 Å². The number of halogens is 4. The highest BCUT2D eigenvalue weighted by Crippen LogP contribution is 2.51.